The van der Waals surface area contributed by atoms with E-state index in [1.165, 1.54) is 12.1 Å². The van der Waals surface area contributed by atoms with Crippen LogP contribution in [0.1, 0.15) is 24.0 Å². The minimum atomic E-state index is -2.51. The van der Waals surface area contributed by atoms with Crippen LogP contribution in [-0.2, 0) is 16.0 Å². The van der Waals surface area contributed by atoms with Crippen LogP contribution in [0, 0.1) is 0 Å². The summed E-state index contributed by atoms with van der Waals surface area (Å²) in [6.45, 7) is 0. The van der Waals surface area contributed by atoms with E-state index in [0.717, 1.165) is 11.6 Å². The Kier molecular flexibility index (Phi) is 3.89. The third kappa shape index (κ3) is 3.37. The van der Waals surface area contributed by atoms with Crippen molar-refractivity contribution < 1.29 is 18.4 Å². The first-order chi connectivity index (χ1) is 9.06. The van der Waals surface area contributed by atoms with Crippen molar-refractivity contribution in [3.63, 3.8) is 0 Å². The number of hydrogen-bond acceptors (Lipinski definition) is 3. The fraction of sp³-hybridized carbons (Fsp3) is 0.231. The van der Waals surface area contributed by atoms with Crippen molar-refractivity contribution in [1.82, 2.24) is 0 Å². The number of hydrogen-bond donors (Lipinski definition) is 0. The largest absolute Gasteiger partial charge is 0.335 e. The first kappa shape index (κ1) is 13.2. The maximum atomic E-state index is 12.5. The van der Waals surface area contributed by atoms with E-state index in [2.05, 4.69) is 10.2 Å². The van der Waals surface area contributed by atoms with Gasteiger partial charge >= 0.3 is 5.91 Å². The highest BCUT2D eigenvalue weighted by molar-refractivity contribution is 6.41. The van der Waals surface area contributed by atoms with Crippen molar-refractivity contribution in [2.24, 2.45) is 10.2 Å². The van der Waals surface area contributed by atoms with Crippen LogP contribution >= 0.6 is 0 Å². The van der Waals surface area contributed by atoms with Gasteiger partial charge in [0.15, 0.2) is 0 Å². The van der Waals surface area contributed by atoms with Crippen LogP contribution in [0.15, 0.2) is 46.3 Å². The van der Waals surface area contributed by atoms with Crippen molar-refractivity contribution in [2.45, 2.75) is 19.3 Å². The van der Waals surface area contributed by atoms with Crippen LogP contribution in [0.3, 0.4) is 0 Å². The molecule has 1 aliphatic heterocycles. The predicted molar refractivity (Wildman–Crippen MR) is 62.7 cm³/mol. The molecule has 1 heterocycles. The Balaban J connectivity index is 2.02. The van der Waals surface area contributed by atoms with Crippen LogP contribution in [0.4, 0.5) is 8.78 Å². The Labute approximate surface area is 107 Å². The molecule has 98 valence electrons. The number of ketones is 1. The van der Waals surface area contributed by atoms with Crippen molar-refractivity contribution in [3.8, 4) is 0 Å². The van der Waals surface area contributed by atoms with Crippen LogP contribution in [0.5, 0.6) is 0 Å². The topological polar surface area (TPSA) is 58.9 Å². The molecule has 6 heteroatoms. The van der Waals surface area contributed by atoms with Crippen LogP contribution in [0.2, 0.25) is 0 Å². The smallest absolute Gasteiger partial charge is 0.284 e. The van der Waals surface area contributed by atoms with Crippen molar-refractivity contribution >= 4 is 11.7 Å². The van der Waals surface area contributed by atoms with Crippen LogP contribution < -0.4 is 0 Å². The molecule has 1 aromatic rings. The van der Waals surface area contributed by atoms with Gasteiger partial charge in [0.05, 0.1) is 5.70 Å². The van der Waals surface area contributed by atoms with Gasteiger partial charge in [0, 0.05) is 11.6 Å². The first-order valence-corrected chi connectivity index (χ1v) is 5.64. The molecular weight excluding hydrogens is 254 g/mol. The average molecular weight is 264 g/mol. The summed E-state index contributed by atoms with van der Waals surface area (Å²) in [6, 6.07) is 6.05. The molecule has 0 bridgehead atoms. The van der Waals surface area contributed by atoms with E-state index in [1.54, 1.807) is 12.1 Å². The molecule has 0 radical (unpaired) electrons. The fourth-order valence-electron chi connectivity index (χ4n) is 1.68. The second kappa shape index (κ2) is 5.60. The van der Waals surface area contributed by atoms with Gasteiger partial charge < -0.3 is 0 Å². The lowest BCUT2D eigenvalue weighted by Crippen LogP contribution is -2.11. The molecule has 1 amide bonds. The summed E-state index contributed by atoms with van der Waals surface area (Å²) in [6.07, 6.45) is -0.554. The molecule has 0 spiro atoms. The van der Waals surface area contributed by atoms with E-state index in [-0.39, 0.29) is 5.56 Å². The second-order valence-corrected chi connectivity index (χ2v) is 4.05. The lowest BCUT2D eigenvalue weighted by molar-refractivity contribution is -0.133. The number of halogens is 2. The van der Waals surface area contributed by atoms with Crippen LogP contribution in [0.25, 0.3) is 0 Å². The SMILES string of the molecule is O=C1C=C(CCc2cccc(C(F)F)c2)N=NC1=O. The van der Waals surface area contributed by atoms with Gasteiger partial charge in [0.25, 0.3) is 6.43 Å². The summed E-state index contributed by atoms with van der Waals surface area (Å²) in [5.41, 5.74) is 1.06. The third-order valence-corrected chi connectivity index (χ3v) is 2.65. The first-order valence-electron chi connectivity index (χ1n) is 5.64. The highest BCUT2D eigenvalue weighted by Crippen LogP contribution is 2.21. The van der Waals surface area contributed by atoms with Crippen molar-refractivity contribution in [1.29, 1.82) is 0 Å². The van der Waals surface area contributed by atoms with Gasteiger partial charge in [-0.25, -0.2) is 8.78 Å². The molecule has 0 saturated heterocycles. The lowest BCUT2D eigenvalue weighted by Gasteiger charge is -2.06. The zero-order valence-electron chi connectivity index (χ0n) is 9.85. The quantitative estimate of drug-likeness (QED) is 0.785. The number of carbonyl (C=O) groups is 2. The Morgan fingerprint density at radius 3 is 2.58 bits per heavy atom. The molecule has 4 nitrogen and oxygen atoms in total. The maximum Gasteiger partial charge on any atom is 0.335 e. The number of rotatable bonds is 4. The third-order valence-electron chi connectivity index (χ3n) is 2.65. The lowest BCUT2D eigenvalue weighted by atomic mass is 10.0. The molecule has 1 aromatic carbocycles. The van der Waals surface area contributed by atoms with Gasteiger partial charge in [-0.1, -0.05) is 24.3 Å². The zero-order chi connectivity index (χ0) is 13.8. The van der Waals surface area contributed by atoms with E-state index >= 15 is 0 Å². The number of azo groups is 1. The molecular formula is C13H10F2N2O2. The molecule has 0 unspecified atom stereocenters. The fourth-order valence-corrected chi connectivity index (χ4v) is 1.68. The van der Waals surface area contributed by atoms with Gasteiger partial charge in [-0.05, 0) is 18.4 Å². The normalized spacial score (nSPS) is 15.0. The Hall–Kier alpha value is -2.24. The molecule has 1 aliphatic rings. The van der Waals surface area contributed by atoms with E-state index in [4.69, 9.17) is 0 Å². The predicted octanol–water partition coefficient (Wildman–Crippen LogP) is 3.00. The number of nitrogens with zero attached hydrogens (tertiary/aromatic N) is 2. The summed E-state index contributed by atoms with van der Waals surface area (Å²) in [5, 5.41) is 6.80. The average Bonchev–Trinajstić information content (AvgIpc) is 2.40. The summed E-state index contributed by atoms with van der Waals surface area (Å²) in [4.78, 5) is 21.9. The van der Waals surface area contributed by atoms with Crippen molar-refractivity contribution in [3.05, 3.63) is 47.2 Å². The molecule has 2 rings (SSSR count). The Morgan fingerprint density at radius 2 is 1.89 bits per heavy atom. The van der Waals surface area contributed by atoms with Crippen molar-refractivity contribution in [2.75, 3.05) is 0 Å². The monoisotopic (exact) mass is 264 g/mol. The number of amides is 1. The number of allylic oxidation sites excluding steroid dienone is 1. The number of benzene rings is 1. The van der Waals surface area contributed by atoms with E-state index in [9.17, 15) is 18.4 Å². The Morgan fingerprint density at radius 1 is 1.11 bits per heavy atom. The van der Waals surface area contributed by atoms with E-state index < -0.39 is 18.1 Å². The molecule has 0 N–H and O–H groups in total. The minimum absolute atomic E-state index is 0.0389. The van der Waals surface area contributed by atoms with Gasteiger partial charge in [-0.2, -0.15) is 5.11 Å². The molecule has 0 aliphatic carbocycles. The van der Waals surface area contributed by atoms with E-state index in [0.29, 0.717) is 18.5 Å². The van der Waals surface area contributed by atoms with Gasteiger partial charge in [0.2, 0.25) is 5.78 Å². The van der Waals surface area contributed by atoms with Crippen LogP contribution in [-0.4, -0.2) is 11.7 Å². The summed E-state index contributed by atoms with van der Waals surface area (Å²) >= 11 is 0. The highest BCUT2D eigenvalue weighted by Gasteiger charge is 2.16. The standard InChI is InChI=1S/C13H10F2N2O2/c14-12(15)9-3-1-2-8(6-9)4-5-10-7-11(18)13(19)17-16-10/h1-3,6-7,12H,4-5H2. The number of aryl methyl sites for hydroxylation is 1. The van der Waals surface area contributed by atoms with E-state index in [1.807, 2.05) is 0 Å². The molecule has 0 saturated carbocycles. The summed E-state index contributed by atoms with van der Waals surface area (Å²) in [5.74, 6) is -1.59. The zero-order valence-corrected chi connectivity index (χ0v) is 9.85. The second-order valence-electron chi connectivity index (χ2n) is 4.05. The van der Waals surface area contributed by atoms with Gasteiger partial charge in [-0.3, -0.25) is 9.59 Å². The highest BCUT2D eigenvalue weighted by atomic mass is 19.3. The van der Waals surface area contributed by atoms with Gasteiger partial charge in [-0.15, -0.1) is 5.11 Å². The minimum Gasteiger partial charge on any atom is -0.284 e. The van der Waals surface area contributed by atoms with Gasteiger partial charge in [0.1, 0.15) is 0 Å². The molecule has 0 fully saturated rings. The summed E-state index contributed by atoms with van der Waals surface area (Å²) < 4.78 is 25.0. The number of alkyl halides is 2. The number of carbonyl (C=O) groups excluding carboxylic acids is 2. The molecule has 0 aromatic heterocycles. The molecule has 19 heavy (non-hydrogen) atoms. The summed E-state index contributed by atoms with van der Waals surface area (Å²) in [7, 11) is 0. The Bertz CT molecular complexity index is 580. The molecule has 0 atom stereocenters. The maximum absolute atomic E-state index is 12.5.